The molecule has 0 saturated heterocycles. The second kappa shape index (κ2) is 7.12. The fourth-order valence-electron chi connectivity index (χ4n) is 3.13. The molecule has 0 aliphatic carbocycles. The van der Waals surface area contributed by atoms with Gasteiger partial charge in [-0.2, -0.15) is 5.10 Å². The van der Waals surface area contributed by atoms with Crippen LogP contribution in [-0.2, 0) is 13.7 Å². The number of pyridine rings is 1. The normalized spacial score (nSPS) is 11.2. The van der Waals surface area contributed by atoms with E-state index < -0.39 is 11.6 Å². The van der Waals surface area contributed by atoms with Gasteiger partial charge in [0.2, 0.25) is 0 Å². The van der Waals surface area contributed by atoms with Gasteiger partial charge < -0.3 is 4.74 Å². The third-order valence-electron chi connectivity index (χ3n) is 4.77. The van der Waals surface area contributed by atoms with Crippen molar-refractivity contribution in [3.05, 3.63) is 81.5 Å². The summed E-state index contributed by atoms with van der Waals surface area (Å²) in [6, 6.07) is 8.41. The lowest BCUT2D eigenvalue weighted by Gasteiger charge is -2.12. The summed E-state index contributed by atoms with van der Waals surface area (Å²) in [7, 11) is 1.81. The number of rotatable bonds is 4. The molecule has 3 heterocycles. The second-order valence-corrected chi connectivity index (χ2v) is 6.76. The van der Waals surface area contributed by atoms with Crippen molar-refractivity contribution < 1.29 is 13.5 Å². The zero-order valence-electron chi connectivity index (χ0n) is 16.1. The summed E-state index contributed by atoms with van der Waals surface area (Å²) in [4.78, 5) is 17.6. The van der Waals surface area contributed by atoms with Gasteiger partial charge in [0.25, 0.3) is 5.56 Å². The van der Waals surface area contributed by atoms with Gasteiger partial charge in [0.05, 0.1) is 17.0 Å². The Morgan fingerprint density at radius 1 is 1.14 bits per heavy atom. The maximum Gasteiger partial charge on any atom is 0.267 e. The number of hydrogen-bond acceptors (Lipinski definition) is 4. The van der Waals surface area contributed by atoms with Gasteiger partial charge in [0, 0.05) is 30.6 Å². The fraction of sp³-hybridized carbons (Fsp3) is 0.190. The molecule has 6 nitrogen and oxygen atoms in total. The number of nitrogens with zero attached hydrogens (tertiary/aromatic N) is 4. The van der Waals surface area contributed by atoms with Crippen LogP contribution in [0.4, 0.5) is 8.78 Å². The number of halogens is 2. The van der Waals surface area contributed by atoms with Gasteiger partial charge >= 0.3 is 0 Å². The molecule has 0 aliphatic rings. The molecular formula is C21H18F2N4O2. The SMILES string of the molecule is Cc1nc2c(OCc3ccc(F)cc3F)cccn2c(=O)c1-c1cc(C)n(C)n1. The van der Waals surface area contributed by atoms with Crippen molar-refractivity contribution in [3.63, 3.8) is 0 Å². The van der Waals surface area contributed by atoms with E-state index in [-0.39, 0.29) is 17.7 Å². The number of benzene rings is 1. The van der Waals surface area contributed by atoms with Crippen molar-refractivity contribution in [1.82, 2.24) is 19.2 Å². The van der Waals surface area contributed by atoms with Gasteiger partial charge in [0.1, 0.15) is 18.2 Å². The van der Waals surface area contributed by atoms with E-state index in [4.69, 9.17) is 4.74 Å². The predicted octanol–water partition coefficient (Wildman–Crippen LogP) is 3.57. The number of aromatic nitrogens is 4. The molecule has 0 fully saturated rings. The molecule has 0 radical (unpaired) electrons. The molecule has 29 heavy (non-hydrogen) atoms. The molecule has 148 valence electrons. The number of hydrogen-bond donors (Lipinski definition) is 0. The minimum Gasteiger partial charge on any atom is -0.485 e. The summed E-state index contributed by atoms with van der Waals surface area (Å²) in [6.07, 6.45) is 1.59. The van der Waals surface area contributed by atoms with Crippen LogP contribution in [0, 0.1) is 25.5 Å². The monoisotopic (exact) mass is 396 g/mol. The summed E-state index contributed by atoms with van der Waals surface area (Å²) >= 11 is 0. The summed E-state index contributed by atoms with van der Waals surface area (Å²) in [6.45, 7) is 3.51. The average Bonchev–Trinajstić information content (AvgIpc) is 2.99. The molecule has 0 unspecified atom stereocenters. The van der Waals surface area contributed by atoms with Crippen LogP contribution in [0.3, 0.4) is 0 Å². The second-order valence-electron chi connectivity index (χ2n) is 6.76. The summed E-state index contributed by atoms with van der Waals surface area (Å²) in [5.74, 6) is -1.03. The summed E-state index contributed by atoms with van der Waals surface area (Å²) in [5, 5.41) is 4.38. The van der Waals surface area contributed by atoms with Crippen LogP contribution in [0.25, 0.3) is 16.9 Å². The zero-order valence-corrected chi connectivity index (χ0v) is 16.1. The molecule has 0 atom stereocenters. The largest absolute Gasteiger partial charge is 0.485 e. The Kier molecular flexibility index (Phi) is 4.62. The van der Waals surface area contributed by atoms with Crippen LogP contribution >= 0.6 is 0 Å². The van der Waals surface area contributed by atoms with E-state index in [1.54, 1.807) is 37.0 Å². The highest BCUT2D eigenvalue weighted by molar-refractivity contribution is 5.65. The van der Waals surface area contributed by atoms with Crippen molar-refractivity contribution in [2.24, 2.45) is 7.05 Å². The van der Waals surface area contributed by atoms with E-state index in [1.165, 1.54) is 16.5 Å². The Balaban J connectivity index is 1.76. The molecule has 0 aliphatic heterocycles. The van der Waals surface area contributed by atoms with Gasteiger partial charge in [0.15, 0.2) is 11.4 Å². The molecule has 0 bridgehead atoms. The lowest BCUT2D eigenvalue weighted by molar-refractivity contribution is 0.301. The van der Waals surface area contributed by atoms with Crippen LogP contribution in [0.2, 0.25) is 0 Å². The van der Waals surface area contributed by atoms with Crippen LogP contribution < -0.4 is 10.3 Å². The summed E-state index contributed by atoms with van der Waals surface area (Å²) in [5.41, 5.74) is 2.63. The third kappa shape index (κ3) is 3.37. The van der Waals surface area contributed by atoms with E-state index in [9.17, 15) is 13.6 Å². The Bertz CT molecular complexity index is 1270. The molecular weight excluding hydrogens is 378 g/mol. The first-order chi connectivity index (χ1) is 13.8. The van der Waals surface area contributed by atoms with Crippen LogP contribution in [0.15, 0.2) is 47.4 Å². The fourth-order valence-corrected chi connectivity index (χ4v) is 3.13. The van der Waals surface area contributed by atoms with Crippen molar-refractivity contribution in [2.75, 3.05) is 0 Å². The van der Waals surface area contributed by atoms with E-state index >= 15 is 0 Å². The minimum absolute atomic E-state index is 0.123. The predicted molar refractivity (Wildman–Crippen MR) is 104 cm³/mol. The highest BCUT2D eigenvalue weighted by Crippen LogP contribution is 2.23. The first-order valence-corrected chi connectivity index (χ1v) is 8.95. The molecule has 0 amide bonds. The Labute approximate surface area is 165 Å². The standard InChI is InChI=1S/C21H18F2N4O2/c1-12-9-17(25-26(12)3)19-13(2)24-20-18(5-4-8-27(20)21(19)28)29-11-14-6-7-15(22)10-16(14)23/h4-10H,11H2,1-3H3. The van der Waals surface area contributed by atoms with Crippen LogP contribution in [-0.4, -0.2) is 19.2 Å². The van der Waals surface area contributed by atoms with Gasteiger partial charge in [-0.3, -0.25) is 13.9 Å². The van der Waals surface area contributed by atoms with Gasteiger partial charge in [-0.25, -0.2) is 13.8 Å². The van der Waals surface area contributed by atoms with Gasteiger partial charge in [-0.05, 0) is 44.2 Å². The molecule has 0 spiro atoms. The van der Waals surface area contributed by atoms with Gasteiger partial charge in [-0.1, -0.05) is 0 Å². The Hall–Kier alpha value is -3.55. The smallest absolute Gasteiger partial charge is 0.267 e. The average molecular weight is 396 g/mol. The Morgan fingerprint density at radius 2 is 1.93 bits per heavy atom. The zero-order chi connectivity index (χ0) is 20.7. The Morgan fingerprint density at radius 3 is 2.62 bits per heavy atom. The maximum atomic E-state index is 13.9. The third-order valence-corrected chi connectivity index (χ3v) is 4.77. The first-order valence-electron chi connectivity index (χ1n) is 8.95. The van der Waals surface area contributed by atoms with Gasteiger partial charge in [-0.15, -0.1) is 0 Å². The molecule has 0 saturated carbocycles. The van der Waals surface area contributed by atoms with E-state index in [2.05, 4.69) is 10.1 Å². The summed E-state index contributed by atoms with van der Waals surface area (Å²) < 4.78 is 35.7. The molecule has 3 aromatic heterocycles. The molecule has 8 heteroatoms. The highest BCUT2D eigenvalue weighted by Gasteiger charge is 2.17. The van der Waals surface area contributed by atoms with E-state index in [1.807, 2.05) is 13.0 Å². The van der Waals surface area contributed by atoms with E-state index in [0.29, 0.717) is 28.3 Å². The maximum absolute atomic E-state index is 13.9. The van der Waals surface area contributed by atoms with Crippen molar-refractivity contribution >= 4 is 5.65 Å². The van der Waals surface area contributed by atoms with Crippen molar-refractivity contribution in [1.29, 1.82) is 0 Å². The highest BCUT2D eigenvalue weighted by atomic mass is 19.1. The molecule has 1 aromatic carbocycles. The topological polar surface area (TPSA) is 61.4 Å². The number of ether oxygens (including phenoxy) is 1. The minimum atomic E-state index is -0.695. The van der Waals surface area contributed by atoms with Crippen LogP contribution in [0.1, 0.15) is 17.0 Å². The van der Waals surface area contributed by atoms with Crippen molar-refractivity contribution in [3.8, 4) is 17.0 Å². The number of aryl methyl sites for hydroxylation is 3. The van der Waals surface area contributed by atoms with E-state index in [0.717, 1.165) is 11.8 Å². The quantitative estimate of drug-likeness (QED) is 0.529. The first kappa shape index (κ1) is 18.8. The molecule has 4 rings (SSSR count). The lowest BCUT2D eigenvalue weighted by Crippen LogP contribution is -2.19. The molecule has 4 aromatic rings. The lowest BCUT2D eigenvalue weighted by atomic mass is 10.1. The molecule has 0 N–H and O–H groups in total. The number of fused-ring (bicyclic) bond motifs is 1. The van der Waals surface area contributed by atoms with Crippen LogP contribution in [0.5, 0.6) is 5.75 Å². The van der Waals surface area contributed by atoms with Crippen molar-refractivity contribution in [2.45, 2.75) is 20.5 Å².